The van der Waals surface area contributed by atoms with Crippen LogP contribution in [0.2, 0.25) is 0 Å². The zero-order valence-electron chi connectivity index (χ0n) is 12.6. The van der Waals surface area contributed by atoms with Gasteiger partial charge in [-0.3, -0.25) is 0 Å². The summed E-state index contributed by atoms with van der Waals surface area (Å²) in [6.07, 6.45) is 0. The van der Waals surface area contributed by atoms with Gasteiger partial charge in [-0.2, -0.15) is 0 Å². The molecule has 0 aliphatic heterocycles. The fourth-order valence-corrected chi connectivity index (χ4v) is 2.25. The van der Waals surface area contributed by atoms with Gasteiger partial charge in [-0.05, 0) is 48.0 Å². The molecule has 0 saturated carbocycles. The van der Waals surface area contributed by atoms with Gasteiger partial charge in [0, 0.05) is 26.3 Å². The molecule has 0 bridgehead atoms. The van der Waals surface area contributed by atoms with Crippen LogP contribution in [0.1, 0.15) is 5.56 Å². The highest BCUT2D eigenvalue weighted by Gasteiger charge is 2.07. The molecular formula is C17H22N2O. The van der Waals surface area contributed by atoms with Gasteiger partial charge in [0.15, 0.2) is 0 Å². The van der Waals surface area contributed by atoms with Gasteiger partial charge in [0.05, 0.1) is 7.11 Å². The van der Waals surface area contributed by atoms with Crippen LogP contribution in [0.25, 0.3) is 11.1 Å². The van der Waals surface area contributed by atoms with Crippen molar-refractivity contribution in [2.45, 2.75) is 6.54 Å². The molecule has 0 aliphatic rings. The van der Waals surface area contributed by atoms with E-state index >= 15 is 0 Å². The molecule has 3 nitrogen and oxygen atoms in total. The van der Waals surface area contributed by atoms with E-state index in [1.165, 1.54) is 22.4 Å². The summed E-state index contributed by atoms with van der Waals surface area (Å²) in [5, 5.41) is 3.21. The molecular weight excluding hydrogens is 248 g/mol. The maximum absolute atomic E-state index is 5.31. The van der Waals surface area contributed by atoms with Crippen LogP contribution in [0, 0.1) is 0 Å². The third kappa shape index (κ3) is 3.11. The summed E-state index contributed by atoms with van der Waals surface area (Å²) in [7, 11) is 7.76. The maximum atomic E-state index is 5.31. The lowest BCUT2D eigenvalue weighted by Gasteiger charge is -2.15. The first kappa shape index (κ1) is 14.4. The van der Waals surface area contributed by atoms with Crippen molar-refractivity contribution in [1.82, 2.24) is 5.32 Å². The molecule has 0 atom stereocenters. The summed E-state index contributed by atoms with van der Waals surface area (Å²) in [6.45, 7) is 0.821. The van der Waals surface area contributed by atoms with E-state index < -0.39 is 0 Å². The fraction of sp³-hybridized carbons (Fsp3) is 0.294. The first-order valence-corrected chi connectivity index (χ1v) is 6.75. The van der Waals surface area contributed by atoms with Crippen molar-refractivity contribution in [2.75, 3.05) is 33.2 Å². The number of nitrogens with zero attached hydrogens (tertiary/aromatic N) is 1. The van der Waals surface area contributed by atoms with E-state index in [1.54, 1.807) is 7.11 Å². The van der Waals surface area contributed by atoms with E-state index in [4.69, 9.17) is 4.74 Å². The second-order valence-corrected chi connectivity index (χ2v) is 4.99. The van der Waals surface area contributed by atoms with E-state index in [0.717, 1.165) is 12.3 Å². The largest absolute Gasteiger partial charge is 0.497 e. The van der Waals surface area contributed by atoms with Gasteiger partial charge in [-0.1, -0.05) is 18.2 Å². The third-order valence-electron chi connectivity index (χ3n) is 3.37. The average molecular weight is 270 g/mol. The molecule has 0 heterocycles. The molecule has 0 aromatic heterocycles. The fourth-order valence-electron chi connectivity index (χ4n) is 2.25. The molecule has 0 fully saturated rings. The highest BCUT2D eigenvalue weighted by atomic mass is 16.5. The zero-order chi connectivity index (χ0) is 14.5. The van der Waals surface area contributed by atoms with Gasteiger partial charge in [-0.25, -0.2) is 0 Å². The Balaban J connectivity index is 2.40. The van der Waals surface area contributed by atoms with Crippen LogP contribution in [0.5, 0.6) is 5.75 Å². The minimum absolute atomic E-state index is 0.821. The van der Waals surface area contributed by atoms with Crippen LogP contribution in [-0.4, -0.2) is 28.3 Å². The lowest BCUT2D eigenvalue weighted by atomic mass is 9.99. The van der Waals surface area contributed by atoms with Crippen LogP contribution < -0.4 is 15.0 Å². The van der Waals surface area contributed by atoms with E-state index in [-0.39, 0.29) is 0 Å². The van der Waals surface area contributed by atoms with E-state index in [2.05, 4.69) is 60.7 Å². The molecule has 0 saturated heterocycles. The van der Waals surface area contributed by atoms with Gasteiger partial charge < -0.3 is 15.0 Å². The molecule has 20 heavy (non-hydrogen) atoms. The van der Waals surface area contributed by atoms with Crippen LogP contribution in [0.3, 0.4) is 0 Å². The minimum atomic E-state index is 0.821. The summed E-state index contributed by atoms with van der Waals surface area (Å²) in [4.78, 5) is 2.10. The lowest BCUT2D eigenvalue weighted by molar-refractivity contribution is 0.414. The van der Waals surface area contributed by atoms with E-state index in [9.17, 15) is 0 Å². The summed E-state index contributed by atoms with van der Waals surface area (Å²) in [6, 6.07) is 14.8. The second-order valence-electron chi connectivity index (χ2n) is 4.99. The lowest BCUT2D eigenvalue weighted by Crippen LogP contribution is -2.08. The third-order valence-corrected chi connectivity index (χ3v) is 3.37. The Labute approximate surface area is 121 Å². The van der Waals surface area contributed by atoms with Gasteiger partial charge in [0.1, 0.15) is 5.75 Å². The Morgan fingerprint density at radius 2 is 1.75 bits per heavy atom. The smallest absolute Gasteiger partial charge is 0.119 e. The molecule has 2 aromatic rings. The normalized spacial score (nSPS) is 10.4. The first-order valence-electron chi connectivity index (χ1n) is 6.75. The Bertz CT molecular complexity index is 562. The van der Waals surface area contributed by atoms with Crippen LogP contribution >= 0.6 is 0 Å². The van der Waals surface area contributed by atoms with Crippen molar-refractivity contribution in [3.05, 3.63) is 48.0 Å². The standard InChI is InChI=1S/C17H22N2O/c1-18-12-14-11-16(20-4)9-10-17(14)13-5-7-15(8-6-13)19(2)3/h5-11,18H,12H2,1-4H3. The molecule has 3 heteroatoms. The quantitative estimate of drug-likeness (QED) is 0.903. The Morgan fingerprint density at radius 1 is 1.05 bits per heavy atom. The zero-order valence-corrected chi connectivity index (χ0v) is 12.6. The topological polar surface area (TPSA) is 24.5 Å². The predicted octanol–water partition coefficient (Wildman–Crippen LogP) is 3.15. The number of hydrogen-bond donors (Lipinski definition) is 1. The van der Waals surface area contributed by atoms with E-state index in [0.29, 0.717) is 0 Å². The molecule has 2 aromatic carbocycles. The second kappa shape index (κ2) is 6.44. The number of rotatable bonds is 5. The van der Waals surface area contributed by atoms with Gasteiger partial charge >= 0.3 is 0 Å². The van der Waals surface area contributed by atoms with E-state index in [1.807, 2.05) is 13.1 Å². The first-order chi connectivity index (χ1) is 9.65. The maximum Gasteiger partial charge on any atom is 0.119 e. The Kier molecular flexibility index (Phi) is 4.64. The number of anilines is 1. The van der Waals surface area contributed by atoms with Crippen LogP contribution in [-0.2, 0) is 6.54 Å². The molecule has 0 amide bonds. The van der Waals surface area contributed by atoms with Gasteiger partial charge in [0.25, 0.3) is 0 Å². The number of ether oxygens (including phenoxy) is 1. The Morgan fingerprint density at radius 3 is 2.30 bits per heavy atom. The van der Waals surface area contributed by atoms with Crippen molar-refractivity contribution >= 4 is 5.69 Å². The molecule has 2 rings (SSSR count). The number of benzene rings is 2. The minimum Gasteiger partial charge on any atom is -0.497 e. The van der Waals surface area contributed by atoms with Crippen molar-refractivity contribution in [3.63, 3.8) is 0 Å². The number of methoxy groups -OCH3 is 1. The number of hydrogen-bond acceptors (Lipinski definition) is 3. The molecule has 0 spiro atoms. The summed E-state index contributed by atoms with van der Waals surface area (Å²) >= 11 is 0. The summed E-state index contributed by atoms with van der Waals surface area (Å²) in [5.41, 5.74) is 4.91. The highest BCUT2D eigenvalue weighted by Crippen LogP contribution is 2.28. The average Bonchev–Trinajstić information content (AvgIpc) is 2.47. The molecule has 106 valence electrons. The Hall–Kier alpha value is -2.00. The monoisotopic (exact) mass is 270 g/mol. The molecule has 0 unspecified atom stereocenters. The number of nitrogens with one attached hydrogen (secondary N) is 1. The summed E-state index contributed by atoms with van der Waals surface area (Å²) in [5.74, 6) is 0.893. The van der Waals surface area contributed by atoms with Crippen molar-refractivity contribution in [1.29, 1.82) is 0 Å². The van der Waals surface area contributed by atoms with Crippen LogP contribution in [0.15, 0.2) is 42.5 Å². The predicted molar refractivity (Wildman–Crippen MR) is 85.5 cm³/mol. The van der Waals surface area contributed by atoms with Crippen LogP contribution in [0.4, 0.5) is 5.69 Å². The van der Waals surface area contributed by atoms with Gasteiger partial charge in [-0.15, -0.1) is 0 Å². The molecule has 0 radical (unpaired) electrons. The summed E-state index contributed by atoms with van der Waals surface area (Å²) < 4.78 is 5.31. The molecule has 0 aliphatic carbocycles. The van der Waals surface area contributed by atoms with Crippen molar-refractivity contribution in [2.24, 2.45) is 0 Å². The molecule has 1 N–H and O–H groups in total. The van der Waals surface area contributed by atoms with Crippen molar-refractivity contribution < 1.29 is 4.74 Å². The highest BCUT2D eigenvalue weighted by molar-refractivity contribution is 5.70. The van der Waals surface area contributed by atoms with Crippen molar-refractivity contribution in [3.8, 4) is 16.9 Å². The van der Waals surface area contributed by atoms with Gasteiger partial charge in [0.2, 0.25) is 0 Å². The SMILES string of the molecule is CNCc1cc(OC)ccc1-c1ccc(N(C)C)cc1.